The maximum atomic E-state index is 12.5. The topological polar surface area (TPSA) is 127 Å². The number of nitrogen functional groups attached to an aromatic ring is 1. The second-order valence-corrected chi connectivity index (χ2v) is 6.41. The maximum absolute atomic E-state index is 12.5. The van der Waals surface area contributed by atoms with Crippen molar-refractivity contribution < 1.29 is 4.79 Å². The van der Waals surface area contributed by atoms with Crippen molar-refractivity contribution in [3.05, 3.63) is 42.1 Å². The zero-order valence-electron chi connectivity index (χ0n) is 14.0. The first kappa shape index (κ1) is 17.5. The molecule has 3 aromatic rings. The third-order valence-corrected chi connectivity index (χ3v) is 4.32. The molecule has 9 nitrogen and oxygen atoms in total. The van der Waals surface area contributed by atoms with Gasteiger partial charge in [-0.15, -0.1) is 10.2 Å². The third kappa shape index (κ3) is 3.52. The molecule has 0 aliphatic heterocycles. The first-order valence-corrected chi connectivity index (χ1v) is 8.77. The van der Waals surface area contributed by atoms with E-state index in [2.05, 4.69) is 20.6 Å². The highest BCUT2D eigenvalue weighted by atomic mass is 32.2. The lowest BCUT2D eigenvalue weighted by Crippen LogP contribution is -2.22. The van der Waals surface area contributed by atoms with Crippen molar-refractivity contribution in [1.29, 1.82) is 5.26 Å². The van der Waals surface area contributed by atoms with Crippen LogP contribution in [0.2, 0.25) is 0 Å². The fourth-order valence-electron chi connectivity index (χ4n) is 2.32. The number of amides is 1. The van der Waals surface area contributed by atoms with E-state index in [1.165, 1.54) is 27.2 Å². The van der Waals surface area contributed by atoms with Gasteiger partial charge in [-0.3, -0.25) is 9.36 Å². The highest BCUT2D eigenvalue weighted by Gasteiger charge is 2.18. The molecule has 0 aliphatic carbocycles. The Kier molecular flexibility index (Phi) is 5.19. The molecule has 0 atom stereocenters. The Labute approximate surface area is 153 Å². The van der Waals surface area contributed by atoms with Crippen molar-refractivity contribution >= 4 is 29.4 Å². The van der Waals surface area contributed by atoms with Crippen LogP contribution in [0.4, 0.5) is 11.8 Å². The molecule has 3 N–H and O–H groups in total. The van der Waals surface area contributed by atoms with E-state index in [4.69, 9.17) is 5.73 Å². The predicted octanol–water partition coefficient (Wildman–Crippen LogP) is 1.67. The van der Waals surface area contributed by atoms with Crippen molar-refractivity contribution in [1.82, 2.24) is 24.5 Å². The first-order valence-electron chi connectivity index (χ1n) is 7.79. The summed E-state index contributed by atoms with van der Waals surface area (Å²) in [5.74, 6) is 0.885. The quantitative estimate of drug-likeness (QED) is 0.633. The lowest BCUT2D eigenvalue weighted by molar-refractivity contribution is -0.116. The number of aromatic nitrogens is 5. The third-order valence-electron chi connectivity index (χ3n) is 3.47. The number of nitrogens with one attached hydrogen (secondary N) is 1. The van der Waals surface area contributed by atoms with Crippen LogP contribution in [0.1, 0.15) is 12.5 Å². The number of para-hydroxylation sites is 1. The molecule has 3 rings (SSSR count). The summed E-state index contributed by atoms with van der Waals surface area (Å²) in [6.07, 6.45) is 1.41. The van der Waals surface area contributed by atoms with Crippen LogP contribution in [0.25, 0.3) is 5.69 Å². The monoisotopic (exact) mass is 368 g/mol. The number of carbonyl (C=O) groups excluding carboxylic acids is 1. The van der Waals surface area contributed by atoms with Crippen LogP contribution in [-0.2, 0) is 11.3 Å². The van der Waals surface area contributed by atoms with Crippen LogP contribution in [0.15, 0.2) is 41.7 Å². The average Bonchev–Trinajstić information content (AvgIpc) is 3.21. The van der Waals surface area contributed by atoms with Gasteiger partial charge in [-0.1, -0.05) is 36.9 Å². The average molecular weight is 368 g/mol. The second kappa shape index (κ2) is 7.71. The summed E-state index contributed by atoms with van der Waals surface area (Å²) in [5.41, 5.74) is 6.79. The molecule has 132 valence electrons. The standard InChI is InChI=1S/C16H16N8OS/c1-2-26-16-22-21-15(18)23(16)10-13(25)20-14-11(8-17)9-19-24(14)12-6-4-3-5-7-12/h3-7,9H,2,10H2,1H3,(H2,18,21)(H,20,25). The molecule has 0 spiro atoms. The van der Waals surface area contributed by atoms with Gasteiger partial charge in [0.1, 0.15) is 18.2 Å². The minimum absolute atomic E-state index is 0.0635. The molecule has 10 heteroatoms. The molecule has 26 heavy (non-hydrogen) atoms. The number of nitriles is 1. The summed E-state index contributed by atoms with van der Waals surface area (Å²) in [4.78, 5) is 12.5. The van der Waals surface area contributed by atoms with E-state index in [9.17, 15) is 10.1 Å². The Balaban J connectivity index is 1.85. The van der Waals surface area contributed by atoms with Crippen molar-refractivity contribution in [2.45, 2.75) is 18.6 Å². The van der Waals surface area contributed by atoms with Gasteiger partial charge in [-0.05, 0) is 17.9 Å². The first-order chi connectivity index (χ1) is 12.6. The summed E-state index contributed by atoms with van der Waals surface area (Å²) >= 11 is 1.44. The molecule has 1 aromatic carbocycles. The number of hydrogen-bond donors (Lipinski definition) is 2. The summed E-state index contributed by atoms with van der Waals surface area (Å²) in [6, 6.07) is 11.3. The number of carbonyl (C=O) groups is 1. The summed E-state index contributed by atoms with van der Waals surface area (Å²) < 4.78 is 3.03. The smallest absolute Gasteiger partial charge is 0.245 e. The summed E-state index contributed by atoms with van der Waals surface area (Å²) in [7, 11) is 0. The molecule has 0 radical (unpaired) electrons. The zero-order valence-corrected chi connectivity index (χ0v) is 14.8. The Morgan fingerprint density at radius 1 is 1.35 bits per heavy atom. The zero-order chi connectivity index (χ0) is 18.5. The predicted molar refractivity (Wildman–Crippen MR) is 97.7 cm³/mol. The number of benzene rings is 1. The molecule has 0 fully saturated rings. The number of nitrogens with two attached hydrogens (primary N) is 1. The van der Waals surface area contributed by atoms with Gasteiger partial charge >= 0.3 is 0 Å². The van der Waals surface area contributed by atoms with E-state index < -0.39 is 0 Å². The van der Waals surface area contributed by atoms with Gasteiger partial charge in [-0.25, -0.2) is 4.68 Å². The molecule has 1 amide bonds. The lowest BCUT2D eigenvalue weighted by Gasteiger charge is -2.11. The van der Waals surface area contributed by atoms with Crippen LogP contribution in [0.3, 0.4) is 0 Å². The maximum Gasteiger partial charge on any atom is 0.245 e. The number of rotatable bonds is 6. The van der Waals surface area contributed by atoms with E-state index in [-0.39, 0.29) is 24.0 Å². The summed E-state index contributed by atoms with van der Waals surface area (Å²) in [6.45, 7) is 1.91. The Hall–Kier alpha value is -3.32. The Bertz CT molecular complexity index is 957. The normalized spacial score (nSPS) is 10.5. The van der Waals surface area contributed by atoms with Crippen LogP contribution in [0.5, 0.6) is 0 Å². The van der Waals surface area contributed by atoms with E-state index >= 15 is 0 Å². The number of anilines is 2. The van der Waals surface area contributed by atoms with Crippen LogP contribution < -0.4 is 11.1 Å². The number of nitrogens with zero attached hydrogens (tertiary/aromatic N) is 6. The van der Waals surface area contributed by atoms with Crippen molar-refractivity contribution in [3.8, 4) is 11.8 Å². The molecular weight excluding hydrogens is 352 g/mol. The van der Waals surface area contributed by atoms with Crippen LogP contribution >= 0.6 is 11.8 Å². The summed E-state index contributed by atoms with van der Waals surface area (Å²) in [5, 5.41) is 24.6. The van der Waals surface area contributed by atoms with Crippen molar-refractivity contribution in [2.75, 3.05) is 16.8 Å². The van der Waals surface area contributed by atoms with E-state index in [1.54, 1.807) is 0 Å². The highest BCUT2D eigenvalue weighted by Crippen LogP contribution is 2.21. The van der Waals surface area contributed by atoms with Gasteiger partial charge in [-0.2, -0.15) is 10.4 Å². The fourth-order valence-corrected chi connectivity index (χ4v) is 2.99. The molecule has 2 heterocycles. The SMILES string of the molecule is CCSc1nnc(N)n1CC(=O)Nc1c(C#N)cnn1-c1ccccc1. The van der Waals surface area contributed by atoms with Gasteiger partial charge < -0.3 is 11.1 Å². The Morgan fingerprint density at radius 3 is 2.81 bits per heavy atom. The van der Waals surface area contributed by atoms with Gasteiger partial charge in [0.15, 0.2) is 11.0 Å². The molecule has 0 bridgehead atoms. The van der Waals surface area contributed by atoms with Crippen molar-refractivity contribution in [3.63, 3.8) is 0 Å². The minimum Gasteiger partial charge on any atom is -0.368 e. The van der Waals surface area contributed by atoms with Gasteiger partial charge in [0.05, 0.1) is 11.9 Å². The molecule has 2 aromatic heterocycles. The molecule has 0 saturated heterocycles. The van der Waals surface area contributed by atoms with Gasteiger partial charge in [0, 0.05) is 0 Å². The Morgan fingerprint density at radius 2 is 2.12 bits per heavy atom. The number of thioether (sulfide) groups is 1. The largest absolute Gasteiger partial charge is 0.368 e. The molecule has 0 saturated carbocycles. The van der Waals surface area contributed by atoms with Gasteiger partial charge in [0.2, 0.25) is 11.9 Å². The van der Waals surface area contributed by atoms with E-state index in [1.807, 2.05) is 43.3 Å². The fraction of sp³-hybridized carbons (Fsp3) is 0.188. The van der Waals surface area contributed by atoms with Crippen LogP contribution in [-0.4, -0.2) is 36.2 Å². The molecule has 0 aliphatic rings. The van der Waals surface area contributed by atoms with Gasteiger partial charge in [0.25, 0.3) is 0 Å². The highest BCUT2D eigenvalue weighted by molar-refractivity contribution is 7.99. The lowest BCUT2D eigenvalue weighted by atomic mass is 10.3. The second-order valence-electron chi connectivity index (χ2n) is 5.17. The molecule has 0 unspecified atom stereocenters. The van der Waals surface area contributed by atoms with E-state index in [0.29, 0.717) is 11.0 Å². The van der Waals surface area contributed by atoms with E-state index in [0.717, 1.165) is 11.4 Å². The molecular formula is C16H16N8OS. The van der Waals surface area contributed by atoms with Crippen LogP contribution in [0, 0.1) is 11.3 Å². The number of hydrogen-bond acceptors (Lipinski definition) is 7. The van der Waals surface area contributed by atoms with Crippen molar-refractivity contribution in [2.24, 2.45) is 0 Å². The minimum atomic E-state index is -0.358.